The fourth-order valence-electron chi connectivity index (χ4n) is 1.66. The van der Waals surface area contributed by atoms with Crippen molar-refractivity contribution in [2.24, 2.45) is 0 Å². The number of halogens is 1. The molecule has 1 aliphatic rings. The first-order valence-electron chi connectivity index (χ1n) is 5.20. The highest BCUT2D eigenvalue weighted by Crippen LogP contribution is 2.11. The average Bonchev–Trinajstić information content (AvgIpc) is 2.22. The van der Waals surface area contributed by atoms with Gasteiger partial charge in [-0.15, -0.1) is 0 Å². The van der Waals surface area contributed by atoms with Crippen LogP contribution in [0.15, 0.2) is 24.3 Å². The molecule has 0 radical (unpaired) electrons. The van der Waals surface area contributed by atoms with Crippen molar-refractivity contribution in [2.45, 2.75) is 0 Å². The Morgan fingerprint density at radius 3 is 2.60 bits per heavy atom. The number of nitrogens with zero attached hydrogens (tertiary/aromatic N) is 2. The first-order valence-corrected chi connectivity index (χ1v) is 5.20. The highest BCUT2D eigenvalue weighted by atomic mass is 19.1. The third-order valence-corrected chi connectivity index (χ3v) is 2.62. The predicted molar refractivity (Wildman–Crippen MR) is 59.1 cm³/mol. The maximum atomic E-state index is 12.9. The summed E-state index contributed by atoms with van der Waals surface area (Å²) < 4.78 is 12.9. The molecule has 15 heavy (non-hydrogen) atoms. The number of likely N-dealkylation sites (N-methyl/N-ethyl adjacent to an activating group) is 1. The summed E-state index contributed by atoms with van der Waals surface area (Å²) in [5.41, 5.74) is 4.03. The molecule has 0 bridgehead atoms. The molecule has 1 aromatic rings. The average molecular weight is 209 g/mol. The van der Waals surface area contributed by atoms with Gasteiger partial charge in [0.2, 0.25) is 0 Å². The SMILES string of the molecule is CN1CCN(Nc2cccc(F)c2)CC1. The van der Waals surface area contributed by atoms with Crippen LogP contribution in [0.1, 0.15) is 0 Å². The monoisotopic (exact) mass is 209 g/mol. The van der Waals surface area contributed by atoms with Gasteiger partial charge in [-0.05, 0) is 25.2 Å². The van der Waals surface area contributed by atoms with Gasteiger partial charge < -0.3 is 10.3 Å². The lowest BCUT2D eigenvalue weighted by Gasteiger charge is -2.33. The van der Waals surface area contributed by atoms with Crippen LogP contribution < -0.4 is 5.43 Å². The van der Waals surface area contributed by atoms with E-state index in [1.807, 2.05) is 6.07 Å². The minimum Gasteiger partial charge on any atom is -0.319 e. The zero-order valence-corrected chi connectivity index (χ0v) is 8.91. The van der Waals surface area contributed by atoms with Gasteiger partial charge in [-0.2, -0.15) is 0 Å². The molecular formula is C11H16FN3. The molecule has 4 heteroatoms. The molecule has 0 amide bonds. The summed E-state index contributed by atoms with van der Waals surface area (Å²) in [6.45, 7) is 4.02. The summed E-state index contributed by atoms with van der Waals surface area (Å²) in [5, 5.41) is 2.12. The molecule has 1 saturated heterocycles. The molecule has 0 aromatic heterocycles. The fraction of sp³-hybridized carbons (Fsp3) is 0.455. The molecule has 1 N–H and O–H groups in total. The number of hydrogen-bond donors (Lipinski definition) is 1. The third-order valence-electron chi connectivity index (χ3n) is 2.62. The minimum atomic E-state index is -0.200. The number of nitrogens with one attached hydrogen (secondary N) is 1. The van der Waals surface area contributed by atoms with Gasteiger partial charge in [0.05, 0.1) is 5.69 Å². The maximum Gasteiger partial charge on any atom is 0.125 e. The number of piperazine rings is 1. The van der Waals surface area contributed by atoms with Gasteiger partial charge in [0.15, 0.2) is 0 Å². The Hall–Kier alpha value is -1.13. The van der Waals surface area contributed by atoms with Crippen LogP contribution in [0, 0.1) is 5.82 Å². The van der Waals surface area contributed by atoms with E-state index >= 15 is 0 Å². The second-order valence-corrected chi connectivity index (χ2v) is 3.91. The fourth-order valence-corrected chi connectivity index (χ4v) is 1.66. The van der Waals surface area contributed by atoms with Crippen molar-refractivity contribution in [3.8, 4) is 0 Å². The summed E-state index contributed by atoms with van der Waals surface area (Å²) in [7, 11) is 2.11. The van der Waals surface area contributed by atoms with Gasteiger partial charge in [0.25, 0.3) is 0 Å². The van der Waals surface area contributed by atoms with Gasteiger partial charge in [0, 0.05) is 26.2 Å². The maximum absolute atomic E-state index is 12.9. The van der Waals surface area contributed by atoms with Crippen LogP contribution in [-0.2, 0) is 0 Å². The summed E-state index contributed by atoms with van der Waals surface area (Å²) in [6, 6.07) is 6.56. The Morgan fingerprint density at radius 1 is 1.20 bits per heavy atom. The topological polar surface area (TPSA) is 18.5 Å². The molecular weight excluding hydrogens is 193 g/mol. The van der Waals surface area contributed by atoms with Crippen LogP contribution in [0.5, 0.6) is 0 Å². The van der Waals surface area contributed by atoms with Crippen molar-refractivity contribution in [2.75, 3.05) is 38.7 Å². The second kappa shape index (κ2) is 4.59. The zero-order chi connectivity index (χ0) is 10.7. The molecule has 1 aromatic carbocycles. The van der Waals surface area contributed by atoms with Gasteiger partial charge in [-0.25, -0.2) is 9.40 Å². The number of benzene rings is 1. The van der Waals surface area contributed by atoms with Crippen molar-refractivity contribution in [3.05, 3.63) is 30.1 Å². The van der Waals surface area contributed by atoms with E-state index in [-0.39, 0.29) is 5.82 Å². The Labute approximate surface area is 89.5 Å². The van der Waals surface area contributed by atoms with Crippen molar-refractivity contribution >= 4 is 5.69 Å². The first-order chi connectivity index (χ1) is 7.24. The minimum absolute atomic E-state index is 0.200. The lowest BCUT2D eigenvalue weighted by Crippen LogP contribution is -2.46. The van der Waals surface area contributed by atoms with Gasteiger partial charge in [-0.1, -0.05) is 6.07 Å². The molecule has 1 fully saturated rings. The van der Waals surface area contributed by atoms with Crippen molar-refractivity contribution in [1.29, 1.82) is 0 Å². The van der Waals surface area contributed by atoms with E-state index in [1.54, 1.807) is 6.07 Å². The lowest BCUT2D eigenvalue weighted by molar-refractivity contribution is 0.179. The largest absolute Gasteiger partial charge is 0.319 e. The Bertz CT molecular complexity index is 321. The Morgan fingerprint density at radius 2 is 1.93 bits per heavy atom. The van der Waals surface area contributed by atoms with Gasteiger partial charge in [0.1, 0.15) is 5.82 Å². The van der Waals surface area contributed by atoms with E-state index < -0.39 is 0 Å². The van der Waals surface area contributed by atoms with E-state index in [2.05, 4.69) is 22.4 Å². The summed E-state index contributed by atoms with van der Waals surface area (Å²) in [6.07, 6.45) is 0. The van der Waals surface area contributed by atoms with E-state index in [9.17, 15) is 4.39 Å². The normalized spacial score (nSPS) is 19.1. The van der Waals surface area contributed by atoms with Crippen molar-refractivity contribution < 1.29 is 4.39 Å². The number of anilines is 1. The van der Waals surface area contributed by atoms with E-state index in [0.29, 0.717) is 0 Å². The zero-order valence-electron chi connectivity index (χ0n) is 8.91. The smallest absolute Gasteiger partial charge is 0.125 e. The Balaban J connectivity index is 1.92. The summed E-state index contributed by atoms with van der Waals surface area (Å²) in [4.78, 5) is 2.28. The molecule has 0 unspecified atom stereocenters. The Kier molecular flexibility index (Phi) is 3.18. The molecule has 1 heterocycles. The quantitative estimate of drug-likeness (QED) is 0.794. The first kappa shape index (κ1) is 10.4. The third kappa shape index (κ3) is 2.91. The van der Waals surface area contributed by atoms with Crippen LogP contribution in [0.25, 0.3) is 0 Å². The van der Waals surface area contributed by atoms with Crippen LogP contribution in [0.4, 0.5) is 10.1 Å². The summed E-state index contributed by atoms with van der Waals surface area (Å²) >= 11 is 0. The van der Waals surface area contributed by atoms with E-state index in [1.165, 1.54) is 12.1 Å². The van der Waals surface area contributed by atoms with Gasteiger partial charge in [-0.3, -0.25) is 0 Å². The molecule has 0 saturated carbocycles. The molecule has 0 aliphatic carbocycles. The molecule has 0 spiro atoms. The van der Waals surface area contributed by atoms with Crippen LogP contribution in [-0.4, -0.2) is 43.1 Å². The van der Waals surface area contributed by atoms with E-state index in [0.717, 1.165) is 31.9 Å². The second-order valence-electron chi connectivity index (χ2n) is 3.91. The molecule has 0 atom stereocenters. The summed E-state index contributed by atoms with van der Waals surface area (Å²) in [5.74, 6) is -0.200. The number of hydrazine groups is 1. The predicted octanol–water partition coefficient (Wildman–Crippen LogP) is 1.40. The molecule has 3 nitrogen and oxygen atoms in total. The number of hydrogen-bond acceptors (Lipinski definition) is 3. The van der Waals surface area contributed by atoms with Crippen LogP contribution in [0.2, 0.25) is 0 Å². The molecule has 1 aliphatic heterocycles. The standard InChI is InChI=1S/C11H16FN3/c1-14-5-7-15(8-6-14)13-11-4-2-3-10(12)9-11/h2-4,9,13H,5-8H2,1H3. The number of rotatable bonds is 2. The van der Waals surface area contributed by atoms with E-state index in [4.69, 9.17) is 0 Å². The van der Waals surface area contributed by atoms with Crippen molar-refractivity contribution in [1.82, 2.24) is 9.91 Å². The van der Waals surface area contributed by atoms with Crippen molar-refractivity contribution in [3.63, 3.8) is 0 Å². The van der Waals surface area contributed by atoms with Crippen LogP contribution >= 0.6 is 0 Å². The molecule has 82 valence electrons. The lowest BCUT2D eigenvalue weighted by atomic mass is 10.3. The molecule has 2 rings (SSSR count). The highest BCUT2D eigenvalue weighted by molar-refractivity contribution is 5.42. The highest BCUT2D eigenvalue weighted by Gasteiger charge is 2.13. The van der Waals surface area contributed by atoms with Gasteiger partial charge >= 0.3 is 0 Å². The van der Waals surface area contributed by atoms with Crippen LogP contribution in [0.3, 0.4) is 0 Å².